The van der Waals surface area contributed by atoms with E-state index in [0.29, 0.717) is 25.2 Å². The number of hydrogen-bond donors (Lipinski definition) is 0. The zero-order chi connectivity index (χ0) is 24.6. The first-order valence-corrected chi connectivity index (χ1v) is 11.6. The molecule has 1 amide bonds. The lowest BCUT2D eigenvalue weighted by molar-refractivity contribution is -0.140. The smallest absolute Gasteiger partial charge is 0.305 e. The molecule has 0 bridgehead atoms. The van der Waals surface area contributed by atoms with E-state index in [-0.39, 0.29) is 11.9 Å². The maximum Gasteiger partial charge on any atom is 0.305 e. The number of carbonyl (C=O) groups is 2. The van der Waals surface area contributed by atoms with Gasteiger partial charge in [-0.05, 0) is 54.8 Å². The fourth-order valence-electron chi connectivity index (χ4n) is 3.92. The number of fused-ring (bicyclic) bond motifs is 1. The lowest BCUT2D eigenvalue weighted by Crippen LogP contribution is -2.22. The summed E-state index contributed by atoms with van der Waals surface area (Å²) in [6.45, 7) is 1.87. The van der Waals surface area contributed by atoms with Crippen molar-refractivity contribution >= 4 is 34.2 Å². The number of esters is 1. The Kier molecular flexibility index (Phi) is 7.73. The van der Waals surface area contributed by atoms with Gasteiger partial charge in [0.1, 0.15) is 12.4 Å². The quantitative estimate of drug-likeness (QED) is 0.282. The van der Waals surface area contributed by atoms with Crippen LogP contribution >= 0.6 is 0 Å². The average Bonchev–Trinajstić information content (AvgIpc) is 2.88. The second-order valence-corrected chi connectivity index (χ2v) is 8.23. The number of aryl methyl sites for hydroxylation is 1. The molecule has 0 spiro atoms. The molecule has 3 aromatic carbocycles. The molecule has 0 N–H and O–H groups in total. The van der Waals surface area contributed by atoms with Gasteiger partial charge < -0.3 is 9.47 Å². The minimum atomic E-state index is -0.206. The molecule has 4 rings (SSSR count). The van der Waals surface area contributed by atoms with Gasteiger partial charge in [-0.1, -0.05) is 42.5 Å². The monoisotopic (exact) mass is 468 g/mol. The number of methoxy groups -OCH3 is 1. The number of benzene rings is 3. The van der Waals surface area contributed by atoms with Crippen LogP contribution in [0, 0.1) is 0 Å². The largest absolute Gasteiger partial charge is 0.487 e. The molecule has 0 atom stereocenters. The lowest BCUT2D eigenvalue weighted by Gasteiger charge is -2.22. The molecule has 0 saturated carbocycles. The minimum Gasteiger partial charge on any atom is -0.487 e. The van der Waals surface area contributed by atoms with E-state index in [1.165, 1.54) is 14.0 Å². The third-order valence-corrected chi connectivity index (χ3v) is 5.70. The molecule has 0 aliphatic heterocycles. The highest BCUT2D eigenvalue weighted by Crippen LogP contribution is 2.29. The summed E-state index contributed by atoms with van der Waals surface area (Å²) in [5.41, 5.74) is 4.35. The maximum atomic E-state index is 12.5. The predicted octanol–water partition coefficient (Wildman–Crippen LogP) is 5.99. The standard InChI is InChI=1S/C29H28N2O4/c1-21(32)31(25-17-13-22(14-18-25)7-5-12-29(33)34-2)26-9-6-10-27(19-26)35-20-24-16-15-23-8-3-4-11-28(23)30-24/h3-4,6,8-11,13-19H,5,7,12,20H2,1-2H3. The van der Waals surface area contributed by atoms with E-state index in [0.717, 1.165) is 40.0 Å². The summed E-state index contributed by atoms with van der Waals surface area (Å²) in [5, 5.41) is 1.09. The van der Waals surface area contributed by atoms with Crippen molar-refractivity contribution in [2.45, 2.75) is 32.8 Å². The Bertz CT molecular complexity index is 1320. The highest BCUT2D eigenvalue weighted by Gasteiger charge is 2.15. The second kappa shape index (κ2) is 11.3. The fourth-order valence-corrected chi connectivity index (χ4v) is 3.92. The lowest BCUT2D eigenvalue weighted by atomic mass is 10.1. The van der Waals surface area contributed by atoms with Crippen molar-refractivity contribution in [2.24, 2.45) is 0 Å². The summed E-state index contributed by atoms with van der Waals surface area (Å²) >= 11 is 0. The molecule has 0 aliphatic carbocycles. The first-order valence-electron chi connectivity index (χ1n) is 11.6. The van der Waals surface area contributed by atoms with E-state index in [1.807, 2.05) is 84.9 Å². The van der Waals surface area contributed by atoms with Crippen LogP contribution in [0.2, 0.25) is 0 Å². The SMILES string of the molecule is COC(=O)CCCc1ccc(N(C(C)=O)c2cccc(OCc3ccc4ccccc4n3)c2)cc1. The third kappa shape index (κ3) is 6.23. The summed E-state index contributed by atoms with van der Waals surface area (Å²) in [4.78, 5) is 30.2. The molecule has 178 valence electrons. The van der Waals surface area contributed by atoms with Gasteiger partial charge >= 0.3 is 5.97 Å². The van der Waals surface area contributed by atoms with E-state index in [9.17, 15) is 9.59 Å². The Balaban J connectivity index is 1.45. The summed E-state index contributed by atoms with van der Waals surface area (Å²) in [7, 11) is 1.40. The van der Waals surface area contributed by atoms with Crippen LogP contribution in [0.15, 0.2) is 84.9 Å². The number of anilines is 2. The molecule has 6 nitrogen and oxygen atoms in total. The molecule has 1 heterocycles. The molecular formula is C29H28N2O4. The Morgan fingerprint density at radius 2 is 1.69 bits per heavy atom. The zero-order valence-electron chi connectivity index (χ0n) is 19.9. The number of para-hydroxylation sites is 1. The van der Waals surface area contributed by atoms with Crippen LogP contribution in [0.4, 0.5) is 11.4 Å². The molecular weight excluding hydrogens is 440 g/mol. The Hall–Kier alpha value is -4.19. The van der Waals surface area contributed by atoms with Crippen LogP contribution in [0.5, 0.6) is 5.75 Å². The van der Waals surface area contributed by atoms with Crippen molar-refractivity contribution in [3.05, 3.63) is 96.2 Å². The number of amides is 1. The summed E-state index contributed by atoms with van der Waals surface area (Å²) in [6.07, 6.45) is 1.87. The van der Waals surface area contributed by atoms with Gasteiger partial charge in [0.2, 0.25) is 5.91 Å². The van der Waals surface area contributed by atoms with Gasteiger partial charge in [0.15, 0.2) is 0 Å². The first kappa shape index (κ1) is 24.0. The van der Waals surface area contributed by atoms with E-state index < -0.39 is 0 Å². The molecule has 0 saturated heterocycles. The normalized spacial score (nSPS) is 10.7. The van der Waals surface area contributed by atoms with Crippen molar-refractivity contribution in [3.63, 3.8) is 0 Å². The van der Waals surface area contributed by atoms with Gasteiger partial charge in [-0.25, -0.2) is 4.98 Å². The van der Waals surface area contributed by atoms with Crippen LogP contribution in [0.3, 0.4) is 0 Å². The number of nitrogens with zero attached hydrogens (tertiary/aromatic N) is 2. The van der Waals surface area contributed by atoms with Gasteiger partial charge in [0.05, 0.1) is 24.0 Å². The number of carbonyl (C=O) groups excluding carboxylic acids is 2. The summed E-state index contributed by atoms with van der Waals surface area (Å²) in [6, 6.07) is 27.2. The Morgan fingerprint density at radius 1 is 0.886 bits per heavy atom. The number of rotatable bonds is 9. The van der Waals surface area contributed by atoms with E-state index in [4.69, 9.17) is 4.74 Å². The summed E-state index contributed by atoms with van der Waals surface area (Å²) < 4.78 is 10.7. The minimum absolute atomic E-state index is 0.100. The molecule has 0 fully saturated rings. The van der Waals surface area contributed by atoms with Crippen molar-refractivity contribution in [2.75, 3.05) is 12.0 Å². The second-order valence-electron chi connectivity index (χ2n) is 8.23. The van der Waals surface area contributed by atoms with Crippen molar-refractivity contribution < 1.29 is 19.1 Å². The third-order valence-electron chi connectivity index (χ3n) is 5.70. The molecule has 35 heavy (non-hydrogen) atoms. The van der Waals surface area contributed by atoms with E-state index >= 15 is 0 Å². The highest BCUT2D eigenvalue weighted by molar-refractivity contribution is 5.99. The number of aromatic nitrogens is 1. The number of pyridine rings is 1. The summed E-state index contributed by atoms with van der Waals surface area (Å²) in [5.74, 6) is 0.350. The van der Waals surface area contributed by atoms with Crippen LogP contribution in [-0.2, 0) is 27.4 Å². The Labute approximate surface area is 205 Å². The number of hydrogen-bond acceptors (Lipinski definition) is 5. The molecule has 4 aromatic rings. The Morgan fingerprint density at radius 3 is 2.46 bits per heavy atom. The van der Waals surface area contributed by atoms with Gasteiger partial charge in [-0.2, -0.15) is 0 Å². The van der Waals surface area contributed by atoms with Crippen LogP contribution < -0.4 is 9.64 Å². The average molecular weight is 469 g/mol. The predicted molar refractivity (Wildman–Crippen MR) is 137 cm³/mol. The first-order chi connectivity index (χ1) is 17.0. The van der Waals surface area contributed by atoms with Crippen molar-refractivity contribution in [3.8, 4) is 5.75 Å². The zero-order valence-corrected chi connectivity index (χ0v) is 19.9. The fraction of sp³-hybridized carbons (Fsp3) is 0.207. The van der Waals surface area contributed by atoms with Crippen LogP contribution in [0.1, 0.15) is 31.0 Å². The maximum absolute atomic E-state index is 12.5. The van der Waals surface area contributed by atoms with Gasteiger partial charge in [-0.3, -0.25) is 14.5 Å². The van der Waals surface area contributed by atoms with E-state index in [2.05, 4.69) is 9.72 Å². The van der Waals surface area contributed by atoms with Crippen LogP contribution in [-0.4, -0.2) is 24.0 Å². The molecule has 0 unspecified atom stereocenters. The van der Waals surface area contributed by atoms with E-state index in [1.54, 1.807) is 4.90 Å². The molecule has 1 aromatic heterocycles. The van der Waals surface area contributed by atoms with Gasteiger partial charge in [0, 0.05) is 30.5 Å². The van der Waals surface area contributed by atoms with Crippen molar-refractivity contribution in [1.29, 1.82) is 0 Å². The number of ether oxygens (including phenoxy) is 2. The van der Waals surface area contributed by atoms with Crippen molar-refractivity contribution in [1.82, 2.24) is 4.98 Å². The molecule has 6 heteroatoms. The topological polar surface area (TPSA) is 68.7 Å². The van der Waals surface area contributed by atoms with Crippen LogP contribution in [0.25, 0.3) is 10.9 Å². The molecule has 0 radical (unpaired) electrons. The van der Waals surface area contributed by atoms with Gasteiger partial charge in [0.25, 0.3) is 0 Å². The van der Waals surface area contributed by atoms with Gasteiger partial charge in [-0.15, -0.1) is 0 Å². The highest BCUT2D eigenvalue weighted by atomic mass is 16.5. The molecule has 0 aliphatic rings.